The lowest BCUT2D eigenvalue weighted by atomic mass is 10.1. The number of hydrogen-bond donors (Lipinski definition) is 0. The molecule has 1 rings (SSSR count). The fourth-order valence-electron chi connectivity index (χ4n) is 1.06. The second-order valence-corrected chi connectivity index (χ2v) is 3.14. The summed E-state index contributed by atoms with van der Waals surface area (Å²) >= 11 is 5.50. The van der Waals surface area contributed by atoms with E-state index in [0.29, 0.717) is 5.56 Å². The fraction of sp³-hybridized carbons (Fsp3) is 0.200. The van der Waals surface area contributed by atoms with E-state index in [1.807, 2.05) is 0 Å². The summed E-state index contributed by atoms with van der Waals surface area (Å²) in [5.41, 5.74) is -0.141. The Labute approximate surface area is 85.0 Å². The Hall–Kier alpha value is -0.960. The summed E-state index contributed by atoms with van der Waals surface area (Å²) in [7, 11) is 0. The number of halogens is 4. The Balaban J connectivity index is 3.14. The molecular formula is C10H8ClF3. The Morgan fingerprint density at radius 1 is 1.29 bits per heavy atom. The average Bonchev–Trinajstić information content (AvgIpc) is 2.02. The van der Waals surface area contributed by atoms with E-state index in [0.717, 1.165) is 6.07 Å². The topological polar surface area (TPSA) is 0 Å². The van der Waals surface area contributed by atoms with E-state index >= 15 is 0 Å². The molecule has 0 nitrogen and oxygen atoms in total. The molecule has 0 aliphatic carbocycles. The highest BCUT2D eigenvalue weighted by Crippen LogP contribution is 2.34. The normalized spacial score (nSPS) is 12.4. The summed E-state index contributed by atoms with van der Waals surface area (Å²) in [5, 5.41) is -0.270. The van der Waals surface area contributed by atoms with Crippen LogP contribution in [0.25, 0.3) is 6.08 Å². The molecule has 0 unspecified atom stereocenters. The Morgan fingerprint density at radius 2 is 1.93 bits per heavy atom. The number of benzene rings is 1. The predicted molar refractivity (Wildman–Crippen MR) is 51.2 cm³/mol. The molecular weight excluding hydrogens is 213 g/mol. The molecule has 1 aromatic rings. The van der Waals surface area contributed by atoms with E-state index in [-0.39, 0.29) is 5.02 Å². The molecule has 0 N–H and O–H groups in total. The van der Waals surface area contributed by atoms with Gasteiger partial charge in [0, 0.05) is 0 Å². The van der Waals surface area contributed by atoms with Crippen LogP contribution in [-0.4, -0.2) is 0 Å². The van der Waals surface area contributed by atoms with E-state index in [4.69, 9.17) is 11.6 Å². The Bertz CT molecular complexity index is 353. The van der Waals surface area contributed by atoms with Crippen LogP contribution < -0.4 is 0 Å². The van der Waals surface area contributed by atoms with Crippen molar-refractivity contribution in [3.8, 4) is 0 Å². The van der Waals surface area contributed by atoms with Crippen LogP contribution in [0.1, 0.15) is 18.1 Å². The SMILES string of the molecule is CC=Cc1ccc(C(F)(F)F)c(Cl)c1. The standard InChI is InChI=1S/C10H8ClF3/c1-2-3-7-4-5-8(9(11)6-7)10(12,13)14/h2-6H,1H3. The van der Waals surface area contributed by atoms with Gasteiger partial charge in [0.15, 0.2) is 0 Å². The second-order valence-electron chi connectivity index (χ2n) is 2.74. The van der Waals surface area contributed by atoms with Gasteiger partial charge in [-0.25, -0.2) is 0 Å². The minimum Gasteiger partial charge on any atom is -0.166 e. The van der Waals surface area contributed by atoms with Gasteiger partial charge in [0.2, 0.25) is 0 Å². The zero-order chi connectivity index (χ0) is 10.8. The van der Waals surface area contributed by atoms with Crippen LogP contribution in [-0.2, 0) is 6.18 Å². The third-order valence-electron chi connectivity index (χ3n) is 1.66. The van der Waals surface area contributed by atoms with Crippen molar-refractivity contribution in [1.29, 1.82) is 0 Å². The third kappa shape index (κ3) is 2.51. The van der Waals surface area contributed by atoms with Gasteiger partial charge < -0.3 is 0 Å². The Kier molecular flexibility index (Phi) is 3.21. The molecule has 0 spiro atoms. The van der Waals surface area contributed by atoms with Crippen molar-refractivity contribution in [3.63, 3.8) is 0 Å². The molecule has 0 fully saturated rings. The molecule has 0 saturated heterocycles. The van der Waals surface area contributed by atoms with E-state index in [1.54, 1.807) is 19.1 Å². The van der Waals surface area contributed by atoms with Crippen molar-refractivity contribution in [2.45, 2.75) is 13.1 Å². The molecule has 0 atom stereocenters. The first-order chi connectivity index (χ1) is 6.45. The first-order valence-corrected chi connectivity index (χ1v) is 4.32. The monoisotopic (exact) mass is 220 g/mol. The van der Waals surface area contributed by atoms with Crippen molar-refractivity contribution in [2.75, 3.05) is 0 Å². The average molecular weight is 221 g/mol. The number of alkyl halides is 3. The number of allylic oxidation sites excluding steroid dienone is 1. The smallest absolute Gasteiger partial charge is 0.166 e. The molecule has 14 heavy (non-hydrogen) atoms. The van der Waals surface area contributed by atoms with Gasteiger partial charge in [-0.15, -0.1) is 0 Å². The minimum atomic E-state index is -4.38. The molecule has 1 aromatic carbocycles. The molecule has 0 aliphatic heterocycles. The van der Waals surface area contributed by atoms with Crippen LogP contribution in [0.3, 0.4) is 0 Å². The summed E-state index contributed by atoms with van der Waals surface area (Å²) in [5.74, 6) is 0. The minimum absolute atomic E-state index is 0.270. The van der Waals surface area contributed by atoms with Gasteiger partial charge in [0.05, 0.1) is 10.6 Å². The highest BCUT2D eigenvalue weighted by Gasteiger charge is 2.32. The largest absolute Gasteiger partial charge is 0.417 e. The zero-order valence-corrected chi connectivity index (χ0v) is 8.15. The molecule has 4 heteroatoms. The van der Waals surface area contributed by atoms with Crippen molar-refractivity contribution in [1.82, 2.24) is 0 Å². The molecule has 0 bridgehead atoms. The first kappa shape index (κ1) is 11.1. The van der Waals surface area contributed by atoms with Crippen molar-refractivity contribution in [2.24, 2.45) is 0 Å². The highest BCUT2D eigenvalue weighted by atomic mass is 35.5. The first-order valence-electron chi connectivity index (χ1n) is 3.94. The van der Waals surface area contributed by atoms with Gasteiger partial charge in [-0.3, -0.25) is 0 Å². The van der Waals surface area contributed by atoms with E-state index in [2.05, 4.69) is 0 Å². The second kappa shape index (κ2) is 4.05. The number of hydrogen-bond acceptors (Lipinski definition) is 0. The quantitative estimate of drug-likeness (QED) is 0.658. The van der Waals surface area contributed by atoms with Crippen LogP contribution in [0.15, 0.2) is 24.3 Å². The van der Waals surface area contributed by atoms with Crippen LogP contribution in [0.5, 0.6) is 0 Å². The van der Waals surface area contributed by atoms with Crippen LogP contribution in [0.2, 0.25) is 5.02 Å². The van der Waals surface area contributed by atoms with Crippen molar-refractivity contribution in [3.05, 3.63) is 40.4 Å². The molecule has 0 radical (unpaired) electrons. The lowest BCUT2D eigenvalue weighted by molar-refractivity contribution is -0.137. The van der Waals surface area contributed by atoms with Crippen molar-refractivity contribution >= 4 is 17.7 Å². The van der Waals surface area contributed by atoms with Gasteiger partial charge in [0.1, 0.15) is 0 Å². The zero-order valence-electron chi connectivity index (χ0n) is 7.40. The maximum absolute atomic E-state index is 12.3. The van der Waals surface area contributed by atoms with Crippen molar-refractivity contribution < 1.29 is 13.2 Å². The Morgan fingerprint density at radius 3 is 2.36 bits per heavy atom. The lowest BCUT2D eigenvalue weighted by Gasteiger charge is -2.08. The molecule has 76 valence electrons. The highest BCUT2D eigenvalue weighted by molar-refractivity contribution is 6.31. The van der Waals surface area contributed by atoms with Gasteiger partial charge >= 0.3 is 6.18 Å². The lowest BCUT2D eigenvalue weighted by Crippen LogP contribution is -2.05. The van der Waals surface area contributed by atoms with Gasteiger partial charge in [0.25, 0.3) is 0 Å². The summed E-state index contributed by atoms with van der Waals surface area (Å²) < 4.78 is 36.8. The van der Waals surface area contributed by atoms with Gasteiger partial charge in [-0.2, -0.15) is 13.2 Å². The van der Waals surface area contributed by atoms with Crippen LogP contribution >= 0.6 is 11.6 Å². The summed E-state index contributed by atoms with van der Waals surface area (Å²) in [6.07, 6.45) is -0.962. The fourth-order valence-corrected chi connectivity index (χ4v) is 1.35. The summed E-state index contributed by atoms with van der Waals surface area (Å²) in [6, 6.07) is 3.66. The molecule has 0 aromatic heterocycles. The maximum Gasteiger partial charge on any atom is 0.417 e. The summed E-state index contributed by atoms with van der Waals surface area (Å²) in [4.78, 5) is 0. The number of rotatable bonds is 1. The maximum atomic E-state index is 12.3. The van der Waals surface area contributed by atoms with E-state index in [9.17, 15) is 13.2 Å². The predicted octanol–water partition coefficient (Wildman–Crippen LogP) is 4.39. The molecule has 0 amide bonds. The van der Waals surface area contributed by atoms with E-state index < -0.39 is 11.7 Å². The molecule has 0 heterocycles. The molecule has 0 saturated carbocycles. The van der Waals surface area contributed by atoms with Gasteiger partial charge in [-0.1, -0.05) is 29.8 Å². The summed E-state index contributed by atoms with van der Waals surface area (Å²) in [6.45, 7) is 1.78. The third-order valence-corrected chi connectivity index (χ3v) is 1.97. The molecule has 0 aliphatic rings. The van der Waals surface area contributed by atoms with Crippen LogP contribution in [0.4, 0.5) is 13.2 Å². The van der Waals surface area contributed by atoms with Crippen LogP contribution in [0, 0.1) is 0 Å². The van der Waals surface area contributed by atoms with Gasteiger partial charge in [-0.05, 0) is 24.6 Å². The van der Waals surface area contributed by atoms with E-state index in [1.165, 1.54) is 12.1 Å².